The van der Waals surface area contributed by atoms with Crippen LogP contribution in [0.15, 0.2) is 47.7 Å². The highest BCUT2D eigenvalue weighted by atomic mass is 35.5. The lowest BCUT2D eigenvalue weighted by Gasteiger charge is -2.29. The Hall–Kier alpha value is -3.60. The van der Waals surface area contributed by atoms with Crippen molar-refractivity contribution in [2.75, 3.05) is 18.1 Å². The number of benzene rings is 1. The van der Waals surface area contributed by atoms with Gasteiger partial charge >= 0.3 is 12.1 Å². The Labute approximate surface area is 197 Å². The molecule has 178 valence electrons. The number of aromatic nitrogens is 2. The maximum absolute atomic E-state index is 12.9. The Bertz CT molecular complexity index is 1260. The molecule has 0 radical (unpaired) electrons. The lowest BCUT2D eigenvalue weighted by Crippen LogP contribution is -2.46. The van der Waals surface area contributed by atoms with Crippen molar-refractivity contribution in [1.82, 2.24) is 19.6 Å². The SMILES string of the molecule is CCc1nc2ccc(Cl)cn2c1C(=O)NCc1ccc(N2CCN(C(=O)C(F)(F)F)C=N2)cc1. The van der Waals surface area contributed by atoms with Crippen LogP contribution >= 0.6 is 11.6 Å². The molecule has 1 aromatic carbocycles. The molecule has 2 aromatic heterocycles. The lowest BCUT2D eigenvalue weighted by molar-refractivity contribution is -0.181. The average Bonchev–Trinajstić information content (AvgIpc) is 3.19. The first-order valence-electron chi connectivity index (χ1n) is 10.4. The molecule has 0 spiro atoms. The minimum atomic E-state index is -4.94. The molecular formula is C22H20ClF3N6O2. The summed E-state index contributed by atoms with van der Waals surface area (Å²) in [7, 11) is 0. The predicted octanol–water partition coefficient (Wildman–Crippen LogP) is 3.63. The zero-order valence-electron chi connectivity index (χ0n) is 18.0. The minimum absolute atomic E-state index is 0.116. The van der Waals surface area contributed by atoms with Crippen LogP contribution in [0.4, 0.5) is 18.9 Å². The fourth-order valence-corrected chi connectivity index (χ4v) is 3.72. The van der Waals surface area contributed by atoms with E-state index in [2.05, 4.69) is 15.4 Å². The van der Waals surface area contributed by atoms with Gasteiger partial charge in [0.15, 0.2) is 0 Å². The first kappa shape index (κ1) is 23.6. The number of pyridine rings is 1. The molecule has 1 aliphatic heterocycles. The van der Waals surface area contributed by atoms with Gasteiger partial charge in [-0.3, -0.25) is 23.9 Å². The summed E-state index contributed by atoms with van der Waals surface area (Å²) in [6.07, 6.45) is -1.83. The van der Waals surface area contributed by atoms with Crippen LogP contribution in [0, 0.1) is 0 Å². The lowest BCUT2D eigenvalue weighted by atomic mass is 10.2. The van der Waals surface area contributed by atoms with E-state index in [4.69, 9.17) is 11.6 Å². The molecule has 0 fully saturated rings. The molecule has 0 aliphatic carbocycles. The van der Waals surface area contributed by atoms with Gasteiger partial charge in [-0.05, 0) is 36.2 Å². The zero-order chi connectivity index (χ0) is 24.5. The van der Waals surface area contributed by atoms with E-state index in [1.165, 1.54) is 5.01 Å². The highest BCUT2D eigenvalue weighted by Gasteiger charge is 2.42. The van der Waals surface area contributed by atoms with E-state index in [1.54, 1.807) is 47.0 Å². The van der Waals surface area contributed by atoms with Gasteiger partial charge in [-0.25, -0.2) is 4.98 Å². The summed E-state index contributed by atoms with van der Waals surface area (Å²) >= 11 is 6.08. The molecule has 1 aliphatic rings. The van der Waals surface area contributed by atoms with Gasteiger partial charge in [0.05, 0.1) is 22.9 Å². The minimum Gasteiger partial charge on any atom is -0.347 e. The molecule has 12 heteroatoms. The van der Waals surface area contributed by atoms with Gasteiger partial charge < -0.3 is 5.32 Å². The maximum atomic E-state index is 12.9. The van der Waals surface area contributed by atoms with Crippen molar-refractivity contribution in [2.24, 2.45) is 5.10 Å². The number of amides is 2. The van der Waals surface area contributed by atoms with Gasteiger partial charge in [0.2, 0.25) is 0 Å². The average molecular weight is 493 g/mol. The van der Waals surface area contributed by atoms with Crippen LogP contribution in [0.25, 0.3) is 5.65 Å². The molecule has 2 amide bonds. The van der Waals surface area contributed by atoms with E-state index in [0.717, 1.165) is 11.9 Å². The van der Waals surface area contributed by atoms with Crippen LogP contribution < -0.4 is 10.3 Å². The van der Waals surface area contributed by atoms with Crippen LogP contribution in [0.3, 0.4) is 0 Å². The van der Waals surface area contributed by atoms with E-state index in [9.17, 15) is 22.8 Å². The molecule has 0 unspecified atom stereocenters. The van der Waals surface area contributed by atoms with Crippen molar-refractivity contribution in [3.8, 4) is 0 Å². The number of hydrazone groups is 1. The summed E-state index contributed by atoms with van der Waals surface area (Å²) in [5.74, 6) is -2.23. The molecule has 8 nitrogen and oxygen atoms in total. The van der Waals surface area contributed by atoms with Crippen LogP contribution in [0.5, 0.6) is 0 Å². The highest BCUT2D eigenvalue weighted by molar-refractivity contribution is 6.30. The normalized spacial score (nSPS) is 14.0. The summed E-state index contributed by atoms with van der Waals surface area (Å²) in [6, 6.07) is 10.5. The second kappa shape index (κ2) is 9.34. The number of alkyl halides is 3. The predicted molar refractivity (Wildman–Crippen MR) is 121 cm³/mol. The maximum Gasteiger partial charge on any atom is 0.471 e. The quantitative estimate of drug-likeness (QED) is 0.589. The molecule has 34 heavy (non-hydrogen) atoms. The third-order valence-corrected chi connectivity index (χ3v) is 5.50. The topological polar surface area (TPSA) is 82.3 Å². The Balaban J connectivity index is 1.41. The van der Waals surface area contributed by atoms with Gasteiger partial charge in [0, 0.05) is 19.3 Å². The zero-order valence-corrected chi connectivity index (χ0v) is 18.8. The number of halogens is 4. The summed E-state index contributed by atoms with van der Waals surface area (Å²) < 4.78 is 39.3. The van der Waals surface area contributed by atoms with Crippen molar-refractivity contribution in [3.63, 3.8) is 0 Å². The Morgan fingerprint density at radius 2 is 1.85 bits per heavy atom. The number of hydrogen-bond acceptors (Lipinski definition) is 5. The fraction of sp³-hybridized carbons (Fsp3) is 0.273. The van der Waals surface area contributed by atoms with E-state index in [-0.39, 0.29) is 25.5 Å². The number of nitrogens with zero attached hydrogens (tertiary/aromatic N) is 5. The van der Waals surface area contributed by atoms with Gasteiger partial charge in [0.1, 0.15) is 17.7 Å². The summed E-state index contributed by atoms with van der Waals surface area (Å²) in [4.78, 5) is 29.2. The standard InChI is InChI=1S/C22H20ClF3N6O2/c1-2-17-19(31-12-15(23)5-8-18(31)29-17)20(33)27-11-14-3-6-16(7-4-14)32-10-9-30(13-28-32)21(34)22(24,25)26/h3-8,12-13H,2,9-11H2,1H3,(H,27,33). The molecule has 0 saturated carbocycles. The number of imidazole rings is 1. The molecule has 0 atom stereocenters. The van der Waals surface area contributed by atoms with Crippen molar-refractivity contribution < 1.29 is 22.8 Å². The molecule has 4 rings (SSSR count). The first-order chi connectivity index (χ1) is 16.2. The number of aryl methyl sites for hydroxylation is 1. The van der Waals surface area contributed by atoms with E-state index in [0.29, 0.717) is 39.1 Å². The third-order valence-electron chi connectivity index (χ3n) is 5.28. The third kappa shape index (κ3) is 4.84. The highest BCUT2D eigenvalue weighted by Crippen LogP contribution is 2.22. The number of anilines is 1. The number of nitrogens with one attached hydrogen (secondary N) is 1. The number of rotatable bonds is 5. The van der Waals surface area contributed by atoms with E-state index >= 15 is 0 Å². The van der Waals surface area contributed by atoms with Crippen LogP contribution in [-0.2, 0) is 17.8 Å². The molecule has 1 N–H and O–H groups in total. The molecule has 3 aromatic rings. The van der Waals surface area contributed by atoms with Gasteiger partial charge in [0.25, 0.3) is 5.91 Å². The molecule has 0 saturated heterocycles. The number of carbonyl (C=O) groups is 2. The van der Waals surface area contributed by atoms with Gasteiger partial charge in [-0.2, -0.15) is 18.3 Å². The van der Waals surface area contributed by atoms with Crippen molar-refractivity contribution in [2.45, 2.75) is 26.1 Å². The fourth-order valence-electron chi connectivity index (χ4n) is 3.56. The Morgan fingerprint density at radius 3 is 2.47 bits per heavy atom. The number of fused-ring (bicyclic) bond motifs is 1. The first-order valence-corrected chi connectivity index (χ1v) is 10.8. The summed E-state index contributed by atoms with van der Waals surface area (Å²) in [5, 5.41) is 8.80. The van der Waals surface area contributed by atoms with Crippen molar-refractivity contribution in [1.29, 1.82) is 0 Å². The van der Waals surface area contributed by atoms with Crippen LogP contribution in [-0.4, -0.2) is 51.7 Å². The van der Waals surface area contributed by atoms with Crippen LogP contribution in [0.2, 0.25) is 5.02 Å². The van der Waals surface area contributed by atoms with Crippen LogP contribution in [0.1, 0.15) is 28.7 Å². The largest absolute Gasteiger partial charge is 0.471 e. The van der Waals surface area contributed by atoms with Gasteiger partial charge in [-0.15, -0.1) is 0 Å². The summed E-state index contributed by atoms with van der Waals surface area (Å²) in [6.45, 7) is 2.15. The number of carbonyl (C=O) groups excluding carboxylic acids is 2. The molecule has 0 bridgehead atoms. The molecule has 3 heterocycles. The Morgan fingerprint density at radius 1 is 1.12 bits per heavy atom. The van der Waals surface area contributed by atoms with Crippen molar-refractivity contribution >= 4 is 41.1 Å². The monoisotopic (exact) mass is 492 g/mol. The van der Waals surface area contributed by atoms with Crippen molar-refractivity contribution in [3.05, 3.63) is 64.6 Å². The molecular weight excluding hydrogens is 473 g/mol. The number of hydrogen-bond donors (Lipinski definition) is 1. The van der Waals surface area contributed by atoms with E-state index < -0.39 is 12.1 Å². The van der Waals surface area contributed by atoms with Gasteiger partial charge in [-0.1, -0.05) is 30.7 Å². The second-order valence-corrected chi connectivity index (χ2v) is 7.97. The summed E-state index contributed by atoms with van der Waals surface area (Å²) in [5.41, 5.74) is 3.19. The van der Waals surface area contributed by atoms with E-state index in [1.807, 2.05) is 6.92 Å². The smallest absolute Gasteiger partial charge is 0.347 e. The Kier molecular flexibility index (Phi) is 6.47. The second-order valence-electron chi connectivity index (χ2n) is 7.54.